The van der Waals surface area contributed by atoms with E-state index in [1.807, 2.05) is 5.51 Å². The van der Waals surface area contributed by atoms with Gasteiger partial charge in [0.25, 0.3) is 0 Å². The van der Waals surface area contributed by atoms with Crippen LogP contribution < -0.4 is 5.32 Å². The fourth-order valence-corrected chi connectivity index (χ4v) is 1.49. The predicted molar refractivity (Wildman–Crippen MR) is 44.2 cm³/mol. The molecule has 0 aromatic carbocycles. The second-order valence-electron chi connectivity index (χ2n) is 2.19. The highest BCUT2D eigenvalue weighted by Gasteiger charge is 2.03. The maximum Gasteiger partial charge on any atom is 0.0795 e. The lowest BCUT2D eigenvalue weighted by Crippen LogP contribution is -2.17. The zero-order valence-electron chi connectivity index (χ0n) is 6.29. The maximum atomic E-state index is 4.19. The van der Waals surface area contributed by atoms with Gasteiger partial charge >= 0.3 is 0 Å². The van der Waals surface area contributed by atoms with Crippen molar-refractivity contribution < 1.29 is 0 Å². The molecule has 0 spiro atoms. The zero-order chi connectivity index (χ0) is 7.40. The summed E-state index contributed by atoms with van der Waals surface area (Å²) in [6.45, 7) is 5.22. The third-order valence-corrected chi connectivity index (χ3v) is 2.01. The Balaban J connectivity index is 2.50. The van der Waals surface area contributed by atoms with Crippen molar-refractivity contribution in [1.82, 2.24) is 10.3 Å². The van der Waals surface area contributed by atoms with Gasteiger partial charge in [0.2, 0.25) is 0 Å². The van der Waals surface area contributed by atoms with Crippen molar-refractivity contribution in [3.8, 4) is 0 Å². The van der Waals surface area contributed by atoms with Crippen LogP contribution in [0.25, 0.3) is 0 Å². The molecule has 3 heteroatoms. The van der Waals surface area contributed by atoms with Crippen LogP contribution in [-0.2, 0) is 0 Å². The molecule has 56 valence electrons. The van der Waals surface area contributed by atoms with E-state index in [-0.39, 0.29) is 0 Å². The third-order valence-electron chi connectivity index (χ3n) is 1.41. The number of hydrogen-bond donors (Lipinski definition) is 1. The molecule has 10 heavy (non-hydrogen) atoms. The molecule has 0 amide bonds. The summed E-state index contributed by atoms with van der Waals surface area (Å²) in [6.07, 6.45) is 0. The number of rotatable bonds is 3. The first kappa shape index (κ1) is 7.69. The molecule has 0 aliphatic rings. The van der Waals surface area contributed by atoms with Crippen molar-refractivity contribution in [2.75, 3.05) is 6.54 Å². The Morgan fingerprint density at radius 3 is 3.10 bits per heavy atom. The van der Waals surface area contributed by atoms with Gasteiger partial charge in [-0.1, -0.05) is 6.92 Å². The van der Waals surface area contributed by atoms with E-state index in [0.29, 0.717) is 6.04 Å². The standard InChI is InChI=1S/C7H12N2S/c1-3-8-6(2)7-4-10-5-9-7/h4-6,8H,3H2,1-2H3. The Morgan fingerprint density at radius 1 is 1.80 bits per heavy atom. The molecule has 1 rings (SSSR count). The van der Waals surface area contributed by atoms with Crippen molar-refractivity contribution in [3.63, 3.8) is 0 Å². The molecule has 0 fully saturated rings. The van der Waals surface area contributed by atoms with E-state index >= 15 is 0 Å². The number of aromatic nitrogens is 1. The minimum absolute atomic E-state index is 0.399. The molecule has 0 aliphatic heterocycles. The zero-order valence-corrected chi connectivity index (χ0v) is 7.11. The number of nitrogens with zero attached hydrogens (tertiary/aromatic N) is 1. The van der Waals surface area contributed by atoms with E-state index in [1.165, 1.54) is 0 Å². The molecular formula is C7H12N2S. The Hall–Kier alpha value is -0.410. The minimum Gasteiger partial charge on any atom is -0.309 e. The van der Waals surface area contributed by atoms with Gasteiger partial charge in [-0.15, -0.1) is 11.3 Å². The molecule has 0 saturated heterocycles. The molecule has 0 aliphatic carbocycles. The highest BCUT2D eigenvalue weighted by atomic mass is 32.1. The lowest BCUT2D eigenvalue weighted by molar-refractivity contribution is 0.586. The van der Waals surface area contributed by atoms with Crippen LogP contribution in [0.4, 0.5) is 0 Å². The second-order valence-corrected chi connectivity index (χ2v) is 2.91. The summed E-state index contributed by atoms with van der Waals surface area (Å²) < 4.78 is 0. The first-order valence-electron chi connectivity index (χ1n) is 3.46. The monoisotopic (exact) mass is 156 g/mol. The van der Waals surface area contributed by atoms with Crippen molar-refractivity contribution in [2.45, 2.75) is 19.9 Å². The lowest BCUT2D eigenvalue weighted by Gasteiger charge is -2.07. The normalized spacial score (nSPS) is 13.4. The average molecular weight is 156 g/mol. The molecule has 0 saturated carbocycles. The molecule has 0 radical (unpaired) electrons. The molecule has 1 unspecified atom stereocenters. The Bertz CT molecular complexity index is 172. The summed E-state index contributed by atoms with van der Waals surface area (Å²) in [5.41, 5.74) is 3.01. The predicted octanol–water partition coefficient (Wildman–Crippen LogP) is 1.81. The second kappa shape index (κ2) is 3.68. The van der Waals surface area contributed by atoms with Crippen LogP contribution >= 0.6 is 11.3 Å². The van der Waals surface area contributed by atoms with Crippen LogP contribution in [0.2, 0.25) is 0 Å². The SMILES string of the molecule is CCNC(C)c1cscn1. The van der Waals surface area contributed by atoms with Gasteiger partial charge < -0.3 is 5.32 Å². The van der Waals surface area contributed by atoms with Crippen LogP contribution in [0.3, 0.4) is 0 Å². The number of hydrogen-bond acceptors (Lipinski definition) is 3. The quantitative estimate of drug-likeness (QED) is 0.722. The van der Waals surface area contributed by atoms with Gasteiger partial charge in [-0.3, -0.25) is 0 Å². The van der Waals surface area contributed by atoms with Crippen molar-refractivity contribution in [2.24, 2.45) is 0 Å². The summed E-state index contributed by atoms with van der Waals surface area (Å²) >= 11 is 1.64. The van der Waals surface area contributed by atoms with E-state index in [4.69, 9.17) is 0 Å². The van der Waals surface area contributed by atoms with Gasteiger partial charge in [-0.2, -0.15) is 0 Å². The van der Waals surface area contributed by atoms with Gasteiger partial charge in [0.1, 0.15) is 0 Å². The summed E-state index contributed by atoms with van der Waals surface area (Å²) in [7, 11) is 0. The van der Waals surface area contributed by atoms with Crippen molar-refractivity contribution in [3.05, 3.63) is 16.6 Å². The summed E-state index contributed by atoms with van der Waals surface area (Å²) in [5, 5.41) is 5.37. The first-order valence-corrected chi connectivity index (χ1v) is 4.40. The van der Waals surface area contributed by atoms with Gasteiger partial charge in [0.05, 0.1) is 11.2 Å². The Labute approximate surface area is 65.3 Å². The fourth-order valence-electron chi connectivity index (χ4n) is 0.846. The van der Waals surface area contributed by atoms with Crippen LogP contribution in [0.15, 0.2) is 10.9 Å². The van der Waals surface area contributed by atoms with Crippen LogP contribution in [0, 0.1) is 0 Å². The van der Waals surface area contributed by atoms with Gasteiger partial charge in [0, 0.05) is 11.4 Å². The summed E-state index contributed by atoms with van der Waals surface area (Å²) in [6, 6.07) is 0.399. The number of thiazole rings is 1. The van der Waals surface area contributed by atoms with Gasteiger partial charge in [-0.05, 0) is 13.5 Å². The van der Waals surface area contributed by atoms with Crippen molar-refractivity contribution >= 4 is 11.3 Å². The van der Waals surface area contributed by atoms with Gasteiger partial charge in [-0.25, -0.2) is 4.98 Å². The van der Waals surface area contributed by atoms with E-state index in [1.54, 1.807) is 11.3 Å². The molecule has 0 bridgehead atoms. The third kappa shape index (κ3) is 1.78. The molecule has 2 nitrogen and oxygen atoms in total. The molecule has 1 N–H and O–H groups in total. The lowest BCUT2D eigenvalue weighted by atomic mass is 10.3. The highest BCUT2D eigenvalue weighted by Crippen LogP contribution is 2.10. The molecule has 1 atom stereocenters. The van der Waals surface area contributed by atoms with E-state index in [9.17, 15) is 0 Å². The van der Waals surface area contributed by atoms with E-state index in [2.05, 4.69) is 29.5 Å². The topological polar surface area (TPSA) is 24.9 Å². The van der Waals surface area contributed by atoms with Gasteiger partial charge in [0.15, 0.2) is 0 Å². The Kier molecular flexibility index (Phi) is 2.83. The van der Waals surface area contributed by atoms with E-state index in [0.717, 1.165) is 12.2 Å². The average Bonchev–Trinajstić information content (AvgIpc) is 2.38. The van der Waals surface area contributed by atoms with Crippen LogP contribution in [0.5, 0.6) is 0 Å². The smallest absolute Gasteiger partial charge is 0.0795 e. The highest BCUT2D eigenvalue weighted by molar-refractivity contribution is 7.07. The molecule has 1 aromatic heterocycles. The van der Waals surface area contributed by atoms with E-state index < -0.39 is 0 Å². The molecule has 1 heterocycles. The molecule has 1 aromatic rings. The summed E-state index contributed by atoms with van der Waals surface area (Å²) in [5.74, 6) is 0. The molecular weight excluding hydrogens is 144 g/mol. The maximum absolute atomic E-state index is 4.19. The minimum atomic E-state index is 0.399. The van der Waals surface area contributed by atoms with Crippen LogP contribution in [0.1, 0.15) is 25.6 Å². The Morgan fingerprint density at radius 2 is 2.60 bits per heavy atom. The summed E-state index contributed by atoms with van der Waals surface area (Å²) in [4.78, 5) is 4.19. The first-order chi connectivity index (χ1) is 4.84. The number of nitrogens with one attached hydrogen (secondary N) is 1. The van der Waals surface area contributed by atoms with Crippen LogP contribution in [-0.4, -0.2) is 11.5 Å². The fraction of sp³-hybridized carbons (Fsp3) is 0.571. The van der Waals surface area contributed by atoms with Crippen molar-refractivity contribution in [1.29, 1.82) is 0 Å². The largest absolute Gasteiger partial charge is 0.309 e.